The number of rotatable bonds is 7. The number of nitrogen functional groups attached to an aromatic ring is 1. The van der Waals surface area contributed by atoms with E-state index in [-0.39, 0.29) is 6.61 Å². The maximum absolute atomic E-state index is 9.99. The lowest BCUT2D eigenvalue weighted by molar-refractivity contribution is 0.126. The first kappa shape index (κ1) is 16.8. The summed E-state index contributed by atoms with van der Waals surface area (Å²) in [5, 5.41) is 18.1. The van der Waals surface area contributed by atoms with Crippen LogP contribution in [0.5, 0.6) is 5.75 Å². The van der Waals surface area contributed by atoms with Crippen LogP contribution in [0.3, 0.4) is 0 Å². The molecule has 1 aromatic heterocycles. The Balaban J connectivity index is 1.47. The van der Waals surface area contributed by atoms with Crippen molar-refractivity contribution in [2.45, 2.75) is 10.4 Å². The molecule has 1 atom stereocenters. The van der Waals surface area contributed by atoms with Crippen LogP contribution in [-0.2, 0) is 0 Å². The van der Waals surface area contributed by atoms with E-state index in [1.54, 1.807) is 0 Å². The molecule has 0 aliphatic rings. The summed E-state index contributed by atoms with van der Waals surface area (Å²) in [7, 11) is 0. The second-order valence-corrected chi connectivity index (χ2v) is 7.35. The molecule has 1 unspecified atom stereocenters. The Bertz CT molecular complexity index is 763. The second-order valence-electron chi connectivity index (χ2n) is 5.07. The van der Waals surface area contributed by atoms with Crippen molar-refractivity contribution in [3.63, 3.8) is 0 Å². The maximum Gasteiger partial charge on any atom is 0.203 e. The van der Waals surface area contributed by atoms with Crippen LogP contribution in [0.15, 0.2) is 58.9 Å². The van der Waals surface area contributed by atoms with Crippen LogP contribution in [0.25, 0.3) is 11.1 Å². The zero-order valence-corrected chi connectivity index (χ0v) is 14.5. The summed E-state index contributed by atoms with van der Waals surface area (Å²) in [4.78, 5) is 0. The largest absolute Gasteiger partial charge is 0.491 e. The van der Waals surface area contributed by atoms with Gasteiger partial charge in [0.25, 0.3) is 0 Å². The Morgan fingerprint density at radius 1 is 1.04 bits per heavy atom. The summed E-state index contributed by atoms with van der Waals surface area (Å²) >= 11 is 2.73. The van der Waals surface area contributed by atoms with Gasteiger partial charge in [0, 0.05) is 5.75 Å². The third-order valence-corrected chi connectivity index (χ3v) is 5.26. The Morgan fingerprint density at radius 3 is 2.42 bits per heavy atom. The lowest BCUT2D eigenvalue weighted by Crippen LogP contribution is -2.20. The van der Waals surface area contributed by atoms with Crippen LogP contribution in [0.2, 0.25) is 0 Å². The van der Waals surface area contributed by atoms with Crippen LogP contribution in [0.4, 0.5) is 5.13 Å². The molecular weight excluding hydrogens is 342 g/mol. The van der Waals surface area contributed by atoms with E-state index in [9.17, 15) is 5.11 Å². The molecule has 1 heterocycles. The van der Waals surface area contributed by atoms with Crippen LogP contribution in [0.1, 0.15) is 0 Å². The fourth-order valence-corrected chi connectivity index (χ4v) is 3.63. The van der Waals surface area contributed by atoms with Gasteiger partial charge in [0.05, 0.1) is 6.10 Å². The minimum Gasteiger partial charge on any atom is -0.491 e. The SMILES string of the molecule is Nc1nnc(SCC(O)COc2ccc(-c3ccccc3)cc2)s1. The minimum atomic E-state index is -0.589. The Morgan fingerprint density at radius 2 is 1.75 bits per heavy atom. The van der Waals surface area contributed by atoms with Gasteiger partial charge in [-0.05, 0) is 23.3 Å². The highest BCUT2D eigenvalue weighted by Crippen LogP contribution is 2.25. The number of aliphatic hydroxyl groups excluding tert-OH is 1. The number of aliphatic hydroxyl groups is 1. The summed E-state index contributed by atoms with van der Waals surface area (Å²) in [5.41, 5.74) is 7.81. The predicted octanol–water partition coefficient (Wildman–Crippen LogP) is 3.32. The van der Waals surface area contributed by atoms with E-state index in [0.29, 0.717) is 10.9 Å². The van der Waals surface area contributed by atoms with Gasteiger partial charge in [-0.15, -0.1) is 10.2 Å². The number of hydrogen-bond donors (Lipinski definition) is 2. The number of thioether (sulfide) groups is 1. The normalized spacial score (nSPS) is 12.0. The molecule has 0 aliphatic carbocycles. The van der Waals surface area contributed by atoms with E-state index >= 15 is 0 Å². The number of benzene rings is 2. The van der Waals surface area contributed by atoms with E-state index in [2.05, 4.69) is 22.3 Å². The number of ether oxygens (including phenoxy) is 1. The molecule has 0 radical (unpaired) electrons. The van der Waals surface area contributed by atoms with Crippen molar-refractivity contribution < 1.29 is 9.84 Å². The molecule has 0 saturated carbocycles. The molecule has 0 aliphatic heterocycles. The lowest BCUT2D eigenvalue weighted by Gasteiger charge is -2.11. The van der Waals surface area contributed by atoms with E-state index in [4.69, 9.17) is 10.5 Å². The zero-order chi connectivity index (χ0) is 16.8. The molecule has 0 saturated heterocycles. The molecule has 24 heavy (non-hydrogen) atoms. The van der Waals surface area contributed by atoms with Crippen molar-refractivity contribution in [3.05, 3.63) is 54.6 Å². The first-order valence-corrected chi connectivity index (χ1v) is 9.19. The summed E-state index contributed by atoms with van der Waals surface area (Å²) in [5.74, 6) is 1.22. The highest BCUT2D eigenvalue weighted by Gasteiger charge is 2.09. The van der Waals surface area contributed by atoms with Crippen LogP contribution in [0, 0.1) is 0 Å². The highest BCUT2D eigenvalue weighted by molar-refractivity contribution is 8.01. The van der Waals surface area contributed by atoms with Crippen molar-refractivity contribution in [2.24, 2.45) is 0 Å². The quantitative estimate of drug-likeness (QED) is 0.630. The molecule has 7 heteroatoms. The first-order valence-electron chi connectivity index (χ1n) is 7.39. The Kier molecular flexibility index (Phi) is 5.68. The van der Waals surface area contributed by atoms with Crippen molar-refractivity contribution in [3.8, 4) is 16.9 Å². The smallest absolute Gasteiger partial charge is 0.203 e. The monoisotopic (exact) mass is 359 g/mol. The van der Waals surface area contributed by atoms with Crippen molar-refractivity contribution in [1.29, 1.82) is 0 Å². The molecule has 0 spiro atoms. The molecule has 0 bridgehead atoms. The van der Waals surface area contributed by atoms with Crippen LogP contribution >= 0.6 is 23.1 Å². The standard InChI is InChI=1S/C17H17N3O2S2/c18-16-19-20-17(24-16)23-11-14(21)10-22-15-8-6-13(7-9-15)12-4-2-1-3-5-12/h1-9,14,21H,10-11H2,(H2,18,19). The third-order valence-electron chi connectivity index (χ3n) is 3.23. The fourth-order valence-electron chi connectivity index (χ4n) is 2.06. The van der Waals surface area contributed by atoms with Gasteiger partial charge >= 0.3 is 0 Å². The molecule has 5 nitrogen and oxygen atoms in total. The minimum absolute atomic E-state index is 0.228. The summed E-state index contributed by atoms with van der Waals surface area (Å²) in [6, 6.07) is 18.0. The number of nitrogens with two attached hydrogens (primary N) is 1. The van der Waals surface area contributed by atoms with Gasteiger partial charge in [-0.1, -0.05) is 65.6 Å². The van der Waals surface area contributed by atoms with Crippen molar-refractivity contribution in [1.82, 2.24) is 10.2 Å². The Hall–Kier alpha value is -2.09. The van der Waals surface area contributed by atoms with Gasteiger partial charge in [0.1, 0.15) is 12.4 Å². The highest BCUT2D eigenvalue weighted by atomic mass is 32.2. The predicted molar refractivity (Wildman–Crippen MR) is 98.4 cm³/mol. The van der Waals surface area contributed by atoms with Crippen molar-refractivity contribution in [2.75, 3.05) is 18.1 Å². The molecule has 3 aromatic rings. The topological polar surface area (TPSA) is 81.3 Å². The van der Waals surface area contributed by atoms with Gasteiger partial charge < -0.3 is 15.6 Å². The number of hydrogen-bond acceptors (Lipinski definition) is 7. The number of aromatic nitrogens is 2. The molecule has 0 fully saturated rings. The van der Waals surface area contributed by atoms with Gasteiger partial charge in [-0.3, -0.25) is 0 Å². The summed E-state index contributed by atoms with van der Waals surface area (Å²) < 4.78 is 6.38. The van der Waals surface area contributed by atoms with Gasteiger partial charge in [0.15, 0.2) is 4.34 Å². The number of anilines is 1. The van der Waals surface area contributed by atoms with E-state index in [1.165, 1.54) is 23.1 Å². The molecule has 0 amide bonds. The molecule has 2 aromatic carbocycles. The second kappa shape index (κ2) is 8.14. The maximum atomic E-state index is 9.99. The van der Waals surface area contributed by atoms with Gasteiger partial charge in [-0.2, -0.15) is 0 Å². The first-order chi connectivity index (χ1) is 11.7. The van der Waals surface area contributed by atoms with Crippen LogP contribution < -0.4 is 10.5 Å². The third kappa shape index (κ3) is 4.70. The molecule has 3 N–H and O–H groups in total. The van der Waals surface area contributed by atoms with Crippen molar-refractivity contribution >= 4 is 28.2 Å². The van der Waals surface area contributed by atoms with Gasteiger partial charge in [-0.25, -0.2) is 0 Å². The molecule has 124 valence electrons. The Labute approximate surface area is 148 Å². The lowest BCUT2D eigenvalue weighted by atomic mass is 10.1. The van der Waals surface area contributed by atoms with Crippen LogP contribution in [-0.4, -0.2) is 33.8 Å². The average molecular weight is 359 g/mol. The fraction of sp³-hybridized carbons (Fsp3) is 0.176. The molecule has 3 rings (SSSR count). The summed E-state index contributed by atoms with van der Waals surface area (Å²) in [6.45, 7) is 0.228. The zero-order valence-electron chi connectivity index (χ0n) is 12.8. The molecular formula is C17H17N3O2S2. The summed E-state index contributed by atoms with van der Waals surface area (Å²) in [6.07, 6.45) is -0.589. The van der Waals surface area contributed by atoms with E-state index < -0.39 is 6.10 Å². The van der Waals surface area contributed by atoms with E-state index in [1.807, 2.05) is 42.5 Å². The average Bonchev–Trinajstić information content (AvgIpc) is 3.05. The van der Waals surface area contributed by atoms with Gasteiger partial charge in [0.2, 0.25) is 5.13 Å². The van der Waals surface area contributed by atoms with E-state index in [0.717, 1.165) is 21.2 Å². The number of nitrogens with zero attached hydrogens (tertiary/aromatic N) is 2.